The minimum Gasteiger partial charge on any atom is -0.352 e. The van der Waals surface area contributed by atoms with E-state index in [4.69, 9.17) is 0 Å². The average Bonchev–Trinajstić information content (AvgIpc) is 2.77. The van der Waals surface area contributed by atoms with E-state index in [2.05, 4.69) is 15.6 Å². The molecule has 2 saturated heterocycles. The van der Waals surface area contributed by atoms with Crippen LogP contribution in [0.2, 0.25) is 0 Å². The number of fused-ring (bicyclic) bond motifs is 2. The summed E-state index contributed by atoms with van der Waals surface area (Å²) in [5.74, 6) is 0.739. The number of rotatable bonds is 4. The number of pyridine rings is 1. The molecule has 2 bridgehead atoms. The molecule has 1 aromatic rings. The molecule has 3 rings (SSSR count). The van der Waals surface area contributed by atoms with Crippen LogP contribution in [0, 0.1) is 5.92 Å². The average molecular weight is 259 g/mol. The molecule has 0 aliphatic carbocycles. The van der Waals surface area contributed by atoms with Crippen LogP contribution in [0.5, 0.6) is 0 Å². The fraction of sp³-hybridized carbons (Fsp3) is 0.600. The lowest BCUT2D eigenvalue weighted by Gasteiger charge is -2.28. The highest BCUT2D eigenvalue weighted by atomic mass is 16.1. The van der Waals surface area contributed by atoms with Gasteiger partial charge in [-0.15, -0.1) is 0 Å². The number of piperidine rings is 1. The zero-order chi connectivity index (χ0) is 13.1. The highest BCUT2D eigenvalue weighted by Gasteiger charge is 2.33. The summed E-state index contributed by atoms with van der Waals surface area (Å²) in [6.07, 6.45) is 9.13. The van der Waals surface area contributed by atoms with E-state index in [0.717, 1.165) is 18.4 Å². The molecule has 0 aromatic carbocycles. The summed E-state index contributed by atoms with van der Waals surface area (Å²) in [6, 6.07) is 5.20. The Balaban J connectivity index is 1.44. The maximum Gasteiger partial charge on any atom is 0.220 e. The van der Waals surface area contributed by atoms with Crippen LogP contribution in [-0.4, -0.2) is 23.0 Å². The van der Waals surface area contributed by atoms with Gasteiger partial charge in [0.05, 0.1) is 0 Å². The van der Waals surface area contributed by atoms with Gasteiger partial charge >= 0.3 is 0 Å². The van der Waals surface area contributed by atoms with Crippen molar-refractivity contribution in [3.8, 4) is 0 Å². The summed E-state index contributed by atoms with van der Waals surface area (Å²) in [6.45, 7) is 0.588. The predicted molar refractivity (Wildman–Crippen MR) is 73.4 cm³/mol. The van der Waals surface area contributed by atoms with Crippen LogP contribution in [0.25, 0.3) is 0 Å². The number of hydrogen-bond donors (Lipinski definition) is 2. The Morgan fingerprint density at radius 1 is 1.37 bits per heavy atom. The van der Waals surface area contributed by atoms with Gasteiger partial charge in [0.1, 0.15) is 0 Å². The predicted octanol–water partition coefficient (Wildman–Crippen LogP) is 1.62. The quantitative estimate of drug-likeness (QED) is 0.864. The van der Waals surface area contributed by atoms with Crippen molar-refractivity contribution in [2.24, 2.45) is 5.92 Å². The molecule has 2 aliphatic heterocycles. The van der Waals surface area contributed by atoms with Gasteiger partial charge in [0.25, 0.3) is 0 Å². The highest BCUT2D eigenvalue weighted by molar-refractivity contribution is 5.76. The summed E-state index contributed by atoms with van der Waals surface area (Å²) in [7, 11) is 0. The van der Waals surface area contributed by atoms with Crippen LogP contribution < -0.4 is 10.6 Å². The summed E-state index contributed by atoms with van der Waals surface area (Å²) >= 11 is 0. The zero-order valence-electron chi connectivity index (χ0n) is 11.1. The lowest BCUT2D eigenvalue weighted by Crippen LogP contribution is -2.39. The van der Waals surface area contributed by atoms with Gasteiger partial charge in [0, 0.05) is 37.4 Å². The van der Waals surface area contributed by atoms with Crippen molar-refractivity contribution in [1.29, 1.82) is 0 Å². The number of amides is 1. The summed E-state index contributed by atoms with van der Waals surface area (Å²) in [4.78, 5) is 16.0. The van der Waals surface area contributed by atoms with Crippen LogP contribution in [0.4, 0.5) is 0 Å². The third-order valence-corrected chi connectivity index (χ3v) is 4.26. The van der Waals surface area contributed by atoms with E-state index < -0.39 is 0 Å². The topological polar surface area (TPSA) is 54.0 Å². The molecule has 0 saturated carbocycles. The molecule has 102 valence electrons. The molecule has 3 heterocycles. The second-order valence-corrected chi connectivity index (χ2v) is 5.82. The van der Waals surface area contributed by atoms with Gasteiger partial charge in [-0.25, -0.2) is 0 Å². The van der Waals surface area contributed by atoms with Crippen molar-refractivity contribution < 1.29 is 4.79 Å². The normalized spacial score (nSPS) is 29.2. The number of carbonyl (C=O) groups is 1. The molecule has 2 aliphatic rings. The van der Waals surface area contributed by atoms with Gasteiger partial charge in [0.15, 0.2) is 0 Å². The molecule has 2 atom stereocenters. The lowest BCUT2D eigenvalue weighted by molar-refractivity contribution is -0.122. The number of aromatic nitrogens is 1. The second-order valence-electron chi connectivity index (χ2n) is 5.82. The standard InChI is InChI=1S/C15H21N3O/c19-15(17-10-11-2-1-5-16-9-11)8-12-6-13-3-4-14(7-12)18-13/h1-2,5,9,12-14,18H,3-4,6-8,10H2,(H,17,19). The number of nitrogens with zero attached hydrogens (tertiary/aromatic N) is 1. The first-order valence-electron chi connectivity index (χ1n) is 7.21. The Bertz CT molecular complexity index is 422. The smallest absolute Gasteiger partial charge is 0.220 e. The summed E-state index contributed by atoms with van der Waals surface area (Å²) in [5, 5.41) is 6.61. The Morgan fingerprint density at radius 2 is 2.16 bits per heavy atom. The van der Waals surface area contributed by atoms with Crippen LogP contribution in [0.3, 0.4) is 0 Å². The van der Waals surface area contributed by atoms with Crippen molar-refractivity contribution in [2.45, 2.75) is 50.7 Å². The molecular weight excluding hydrogens is 238 g/mol. The zero-order valence-corrected chi connectivity index (χ0v) is 11.1. The van der Waals surface area contributed by atoms with Gasteiger partial charge in [-0.1, -0.05) is 6.07 Å². The molecule has 2 fully saturated rings. The third-order valence-electron chi connectivity index (χ3n) is 4.26. The fourth-order valence-corrected chi connectivity index (χ4v) is 3.38. The maximum atomic E-state index is 12.0. The van der Waals surface area contributed by atoms with Crippen LogP contribution in [0.15, 0.2) is 24.5 Å². The van der Waals surface area contributed by atoms with Gasteiger partial charge in [0.2, 0.25) is 5.91 Å². The molecule has 4 heteroatoms. The molecule has 2 N–H and O–H groups in total. The molecule has 0 spiro atoms. The largest absolute Gasteiger partial charge is 0.352 e. The van der Waals surface area contributed by atoms with Gasteiger partial charge in [-0.3, -0.25) is 9.78 Å². The molecule has 1 amide bonds. The minimum atomic E-state index is 0.176. The van der Waals surface area contributed by atoms with Crippen molar-refractivity contribution in [1.82, 2.24) is 15.6 Å². The van der Waals surface area contributed by atoms with Crippen LogP contribution >= 0.6 is 0 Å². The van der Waals surface area contributed by atoms with Gasteiger partial charge in [-0.05, 0) is 43.2 Å². The van der Waals surface area contributed by atoms with Crippen LogP contribution in [0.1, 0.15) is 37.7 Å². The highest BCUT2D eigenvalue weighted by Crippen LogP contribution is 2.32. The fourth-order valence-electron chi connectivity index (χ4n) is 3.38. The molecular formula is C15H21N3O. The van der Waals surface area contributed by atoms with E-state index in [1.807, 2.05) is 12.1 Å². The van der Waals surface area contributed by atoms with Crippen molar-refractivity contribution in [3.05, 3.63) is 30.1 Å². The Kier molecular flexibility index (Phi) is 3.78. The number of nitrogens with one attached hydrogen (secondary N) is 2. The second kappa shape index (κ2) is 5.70. The summed E-state index contributed by atoms with van der Waals surface area (Å²) < 4.78 is 0. The Morgan fingerprint density at radius 3 is 2.84 bits per heavy atom. The number of carbonyl (C=O) groups excluding carboxylic acids is 1. The third kappa shape index (κ3) is 3.32. The number of hydrogen-bond acceptors (Lipinski definition) is 3. The Hall–Kier alpha value is -1.42. The van der Waals surface area contributed by atoms with Crippen molar-refractivity contribution in [3.63, 3.8) is 0 Å². The molecule has 4 nitrogen and oxygen atoms in total. The molecule has 2 unspecified atom stereocenters. The van der Waals surface area contributed by atoms with E-state index in [1.165, 1.54) is 12.8 Å². The van der Waals surface area contributed by atoms with Crippen LogP contribution in [-0.2, 0) is 11.3 Å². The Labute approximate surface area is 114 Å². The van der Waals surface area contributed by atoms with Gasteiger partial charge < -0.3 is 10.6 Å². The molecule has 0 radical (unpaired) electrons. The molecule has 1 aromatic heterocycles. The first-order valence-corrected chi connectivity index (χ1v) is 7.21. The lowest BCUT2D eigenvalue weighted by atomic mass is 9.89. The van der Waals surface area contributed by atoms with E-state index in [1.54, 1.807) is 12.4 Å². The SMILES string of the molecule is O=C(CC1CC2CCC(C1)N2)NCc1cccnc1. The first kappa shape index (κ1) is 12.6. The maximum absolute atomic E-state index is 12.0. The van der Waals surface area contributed by atoms with E-state index in [9.17, 15) is 4.79 Å². The first-order chi connectivity index (χ1) is 9.29. The van der Waals surface area contributed by atoms with Crippen molar-refractivity contribution >= 4 is 5.91 Å². The summed E-state index contributed by atoms with van der Waals surface area (Å²) in [5.41, 5.74) is 1.06. The van der Waals surface area contributed by atoms with Crippen molar-refractivity contribution in [2.75, 3.05) is 0 Å². The van der Waals surface area contributed by atoms with E-state index in [-0.39, 0.29) is 5.91 Å². The van der Waals surface area contributed by atoms with E-state index >= 15 is 0 Å². The minimum absolute atomic E-state index is 0.176. The monoisotopic (exact) mass is 259 g/mol. The van der Waals surface area contributed by atoms with Gasteiger partial charge in [-0.2, -0.15) is 0 Å². The molecule has 19 heavy (non-hydrogen) atoms. The van der Waals surface area contributed by atoms with E-state index in [0.29, 0.717) is 31.0 Å².